The molecule has 0 aliphatic carbocycles. The molecule has 3 N–H and O–H groups in total. The fourth-order valence-electron chi connectivity index (χ4n) is 2.59. The Hall–Kier alpha value is -1.33. The van der Waals surface area contributed by atoms with Crippen LogP contribution in [0.5, 0.6) is 5.75 Å². The summed E-state index contributed by atoms with van der Waals surface area (Å²) < 4.78 is 5.25. The summed E-state index contributed by atoms with van der Waals surface area (Å²) in [5, 5.41) is 9.16. The summed E-state index contributed by atoms with van der Waals surface area (Å²) in [6, 6.07) is 2.13. The second-order valence-electron chi connectivity index (χ2n) is 4.94. The smallest absolute Gasteiger partial charge is 0.226 e. The Morgan fingerprint density at radius 3 is 3.00 bits per heavy atom. The highest BCUT2D eigenvalue weighted by molar-refractivity contribution is 5.15. The molecule has 2 atom stereocenters. The quantitative estimate of drug-likeness (QED) is 0.840. The molecular formula is C13H20N2O3. The molecule has 2 unspecified atom stereocenters. The highest BCUT2D eigenvalue weighted by atomic mass is 16.4. The molecule has 1 aromatic rings. The molecule has 0 saturated carbocycles. The summed E-state index contributed by atoms with van der Waals surface area (Å²) in [4.78, 5) is 13.6. The molecule has 18 heavy (non-hydrogen) atoms. The Morgan fingerprint density at radius 1 is 1.56 bits per heavy atom. The van der Waals surface area contributed by atoms with Crippen molar-refractivity contribution in [3.05, 3.63) is 28.3 Å². The zero-order chi connectivity index (χ0) is 13.1. The van der Waals surface area contributed by atoms with E-state index in [0.717, 1.165) is 19.1 Å². The molecule has 100 valence electrons. The molecule has 2 rings (SSSR count). The molecule has 0 spiro atoms. The minimum Gasteiger partial charge on any atom is -0.502 e. The number of aromatic hydroxyl groups is 1. The predicted molar refractivity (Wildman–Crippen MR) is 68.3 cm³/mol. The molecule has 5 nitrogen and oxygen atoms in total. The van der Waals surface area contributed by atoms with E-state index in [1.54, 1.807) is 0 Å². The number of hydrogen-bond donors (Lipinski definition) is 2. The third-order valence-electron chi connectivity index (χ3n) is 3.67. The molecule has 0 aromatic carbocycles. The van der Waals surface area contributed by atoms with Crippen molar-refractivity contribution in [2.45, 2.75) is 44.8 Å². The molecular weight excluding hydrogens is 232 g/mol. The topological polar surface area (TPSA) is 79.7 Å². The van der Waals surface area contributed by atoms with Gasteiger partial charge >= 0.3 is 0 Å². The molecule has 2 heterocycles. The lowest BCUT2D eigenvalue weighted by atomic mass is 9.96. The lowest BCUT2D eigenvalue weighted by molar-refractivity contribution is 0.0806. The average Bonchev–Trinajstić information content (AvgIpc) is 2.36. The van der Waals surface area contributed by atoms with Crippen molar-refractivity contribution >= 4 is 0 Å². The van der Waals surface area contributed by atoms with Gasteiger partial charge in [0.1, 0.15) is 12.0 Å². The number of hydrogen-bond acceptors (Lipinski definition) is 5. The van der Waals surface area contributed by atoms with Gasteiger partial charge in [-0.2, -0.15) is 0 Å². The van der Waals surface area contributed by atoms with Crippen LogP contribution < -0.4 is 11.2 Å². The van der Waals surface area contributed by atoms with Crippen LogP contribution in [0.2, 0.25) is 0 Å². The van der Waals surface area contributed by atoms with Gasteiger partial charge in [0.2, 0.25) is 5.43 Å². The van der Waals surface area contributed by atoms with E-state index in [0.29, 0.717) is 30.9 Å². The Morgan fingerprint density at radius 2 is 2.33 bits per heavy atom. The standard InChI is InChI=1S/C13H20N2O3/c1-9-3-2-4-10(6-14)15(9)7-11-5-12(16)13(17)8-18-11/h5,8-10,17H,2-4,6-7,14H2,1H3. The fourth-order valence-corrected chi connectivity index (χ4v) is 2.59. The number of rotatable bonds is 3. The summed E-state index contributed by atoms with van der Waals surface area (Å²) in [5.74, 6) is 0.228. The van der Waals surface area contributed by atoms with Gasteiger partial charge < -0.3 is 15.3 Å². The van der Waals surface area contributed by atoms with Crippen molar-refractivity contribution in [2.24, 2.45) is 5.73 Å². The molecule has 0 radical (unpaired) electrons. The van der Waals surface area contributed by atoms with Crippen LogP contribution in [0.25, 0.3) is 0 Å². The van der Waals surface area contributed by atoms with E-state index < -0.39 is 5.43 Å². The second-order valence-corrected chi connectivity index (χ2v) is 4.94. The summed E-state index contributed by atoms with van der Waals surface area (Å²) >= 11 is 0. The zero-order valence-corrected chi connectivity index (χ0v) is 10.6. The first-order valence-corrected chi connectivity index (χ1v) is 6.38. The van der Waals surface area contributed by atoms with Gasteiger partial charge in [0.25, 0.3) is 0 Å². The van der Waals surface area contributed by atoms with Gasteiger partial charge in [-0.05, 0) is 19.8 Å². The van der Waals surface area contributed by atoms with Gasteiger partial charge in [0.05, 0.1) is 6.54 Å². The second kappa shape index (κ2) is 5.54. The van der Waals surface area contributed by atoms with Crippen LogP contribution in [0.15, 0.2) is 21.5 Å². The van der Waals surface area contributed by atoms with Gasteiger partial charge in [0, 0.05) is 24.7 Å². The number of nitrogens with zero attached hydrogens (tertiary/aromatic N) is 1. The molecule has 1 aliphatic heterocycles. The van der Waals surface area contributed by atoms with Crippen molar-refractivity contribution in [3.8, 4) is 5.75 Å². The molecule has 1 fully saturated rings. The Balaban J connectivity index is 2.14. The monoisotopic (exact) mass is 252 g/mol. The fraction of sp³-hybridized carbons (Fsp3) is 0.615. The van der Waals surface area contributed by atoms with Crippen LogP contribution >= 0.6 is 0 Å². The van der Waals surface area contributed by atoms with Crippen molar-refractivity contribution in [1.82, 2.24) is 4.90 Å². The number of nitrogens with two attached hydrogens (primary N) is 1. The number of likely N-dealkylation sites (tertiary alicyclic amines) is 1. The van der Waals surface area contributed by atoms with Crippen LogP contribution in [-0.4, -0.2) is 28.6 Å². The third kappa shape index (κ3) is 2.73. The largest absolute Gasteiger partial charge is 0.502 e. The van der Waals surface area contributed by atoms with Crippen LogP contribution in [0.3, 0.4) is 0 Å². The van der Waals surface area contributed by atoms with Gasteiger partial charge in [-0.15, -0.1) is 0 Å². The van der Waals surface area contributed by atoms with Gasteiger partial charge in [-0.3, -0.25) is 9.69 Å². The van der Waals surface area contributed by atoms with Crippen molar-refractivity contribution in [3.63, 3.8) is 0 Å². The maximum absolute atomic E-state index is 11.4. The maximum Gasteiger partial charge on any atom is 0.226 e. The Kier molecular flexibility index (Phi) is 4.04. The lowest BCUT2D eigenvalue weighted by Crippen LogP contribution is -2.48. The van der Waals surface area contributed by atoms with Gasteiger partial charge in [-0.25, -0.2) is 0 Å². The third-order valence-corrected chi connectivity index (χ3v) is 3.67. The van der Waals surface area contributed by atoms with E-state index >= 15 is 0 Å². The minimum atomic E-state index is -0.398. The normalized spacial score (nSPS) is 25.2. The average molecular weight is 252 g/mol. The molecule has 0 bridgehead atoms. The van der Waals surface area contributed by atoms with Gasteiger partial charge in [0.15, 0.2) is 5.75 Å². The summed E-state index contributed by atoms with van der Waals surface area (Å²) in [6.45, 7) is 3.35. The van der Waals surface area contributed by atoms with E-state index in [1.807, 2.05) is 0 Å². The first-order chi connectivity index (χ1) is 8.61. The summed E-state index contributed by atoms with van der Waals surface area (Å²) in [5.41, 5.74) is 5.39. The molecule has 5 heteroatoms. The highest BCUT2D eigenvalue weighted by Gasteiger charge is 2.27. The van der Waals surface area contributed by atoms with E-state index in [4.69, 9.17) is 15.3 Å². The Labute approximate surface area is 106 Å². The summed E-state index contributed by atoms with van der Waals surface area (Å²) in [7, 11) is 0. The van der Waals surface area contributed by atoms with Crippen LogP contribution in [0.1, 0.15) is 31.9 Å². The minimum absolute atomic E-state index is 0.341. The lowest BCUT2D eigenvalue weighted by Gasteiger charge is -2.39. The van der Waals surface area contributed by atoms with Crippen LogP contribution in [-0.2, 0) is 6.54 Å². The van der Waals surface area contributed by atoms with Crippen molar-refractivity contribution in [2.75, 3.05) is 6.54 Å². The SMILES string of the molecule is CC1CCCC(CN)N1Cc1cc(=O)c(O)co1. The Bertz CT molecular complexity index is 458. The number of piperidine rings is 1. The molecule has 0 amide bonds. The van der Waals surface area contributed by atoms with Gasteiger partial charge in [-0.1, -0.05) is 6.42 Å². The van der Waals surface area contributed by atoms with E-state index in [2.05, 4.69) is 11.8 Å². The summed E-state index contributed by atoms with van der Waals surface area (Å²) in [6.07, 6.45) is 4.52. The first kappa shape index (κ1) is 13.1. The van der Waals surface area contributed by atoms with E-state index in [1.165, 1.54) is 12.5 Å². The molecule has 1 aromatic heterocycles. The molecule has 1 aliphatic rings. The molecule has 1 saturated heterocycles. The van der Waals surface area contributed by atoms with Crippen LogP contribution in [0.4, 0.5) is 0 Å². The van der Waals surface area contributed by atoms with Crippen molar-refractivity contribution in [1.29, 1.82) is 0 Å². The maximum atomic E-state index is 11.4. The van der Waals surface area contributed by atoms with E-state index in [-0.39, 0.29) is 5.75 Å². The van der Waals surface area contributed by atoms with E-state index in [9.17, 15) is 4.79 Å². The zero-order valence-electron chi connectivity index (χ0n) is 10.6. The van der Waals surface area contributed by atoms with Crippen LogP contribution in [0, 0.1) is 0 Å². The highest BCUT2D eigenvalue weighted by Crippen LogP contribution is 2.24. The predicted octanol–water partition coefficient (Wildman–Crippen LogP) is 1.05. The van der Waals surface area contributed by atoms with Crippen molar-refractivity contribution < 1.29 is 9.52 Å². The first-order valence-electron chi connectivity index (χ1n) is 6.38.